The summed E-state index contributed by atoms with van der Waals surface area (Å²) in [6, 6.07) is 7.89. The van der Waals surface area contributed by atoms with Crippen LogP contribution < -0.4 is 10.2 Å². The number of hydrogen-bond donors (Lipinski definition) is 1. The average molecular weight is 330 g/mol. The van der Waals surface area contributed by atoms with Crippen molar-refractivity contribution in [3.63, 3.8) is 0 Å². The Hall–Kier alpha value is -2.53. The van der Waals surface area contributed by atoms with Gasteiger partial charge in [-0.2, -0.15) is 0 Å². The first-order chi connectivity index (χ1) is 11.1. The van der Waals surface area contributed by atoms with E-state index in [0.29, 0.717) is 11.7 Å². The van der Waals surface area contributed by atoms with Crippen LogP contribution in [0.25, 0.3) is 0 Å². The van der Waals surface area contributed by atoms with Crippen LogP contribution in [0.3, 0.4) is 0 Å². The minimum Gasteiger partial charge on any atom is -0.377 e. The molecule has 0 atom stereocenters. The van der Waals surface area contributed by atoms with Gasteiger partial charge in [-0.3, -0.25) is 4.79 Å². The second-order valence-electron chi connectivity index (χ2n) is 4.86. The van der Waals surface area contributed by atoms with Gasteiger partial charge in [0.05, 0.1) is 18.0 Å². The molecule has 2 rings (SSSR count). The molecule has 0 unspecified atom stereocenters. The van der Waals surface area contributed by atoms with E-state index in [9.17, 15) is 4.79 Å². The Bertz CT molecular complexity index is 731. The molecule has 0 radical (unpaired) electrons. The third kappa shape index (κ3) is 5.00. The number of aromatic nitrogens is 4. The number of nitrogens with zero attached hydrogens (tertiary/aromatic N) is 5. The van der Waals surface area contributed by atoms with Crippen LogP contribution >= 0.6 is 11.8 Å². The molecular weight excluding hydrogens is 312 g/mol. The van der Waals surface area contributed by atoms with E-state index in [1.165, 1.54) is 16.4 Å². The van der Waals surface area contributed by atoms with Gasteiger partial charge in [-0.25, -0.2) is 4.68 Å². The lowest BCUT2D eigenvalue weighted by molar-refractivity contribution is -0.118. The molecule has 0 aliphatic rings. The molecule has 7 nitrogen and oxygen atoms in total. The van der Waals surface area contributed by atoms with Gasteiger partial charge in [0, 0.05) is 26.7 Å². The van der Waals surface area contributed by atoms with Crippen LogP contribution in [0.4, 0.5) is 5.69 Å². The molecule has 0 saturated heterocycles. The van der Waals surface area contributed by atoms with Crippen molar-refractivity contribution in [2.75, 3.05) is 31.3 Å². The van der Waals surface area contributed by atoms with Crippen LogP contribution in [-0.4, -0.2) is 52.5 Å². The van der Waals surface area contributed by atoms with Crippen molar-refractivity contribution in [1.82, 2.24) is 25.5 Å². The first-order valence-electron chi connectivity index (χ1n) is 6.95. The van der Waals surface area contributed by atoms with Gasteiger partial charge in [0.2, 0.25) is 11.1 Å². The van der Waals surface area contributed by atoms with E-state index in [1.54, 1.807) is 7.05 Å². The Labute approximate surface area is 139 Å². The maximum Gasteiger partial charge on any atom is 0.231 e. The zero-order valence-corrected chi connectivity index (χ0v) is 14.1. The molecule has 0 fully saturated rings. The maximum atomic E-state index is 11.8. The summed E-state index contributed by atoms with van der Waals surface area (Å²) in [5, 5.41) is 14.4. The molecule has 1 N–H and O–H groups in total. The number of para-hydroxylation sites is 1. The summed E-state index contributed by atoms with van der Waals surface area (Å²) < 4.78 is 1.52. The summed E-state index contributed by atoms with van der Waals surface area (Å²) in [6.45, 7) is 0.304. The topological polar surface area (TPSA) is 75.9 Å². The van der Waals surface area contributed by atoms with Crippen molar-refractivity contribution in [3.8, 4) is 11.8 Å². The smallest absolute Gasteiger partial charge is 0.231 e. The Balaban J connectivity index is 1.81. The van der Waals surface area contributed by atoms with E-state index in [2.05, 4.69) is 32.7 Å². The summed E-state index contributed by atoms with van der Waals surface area (Å²) in [4.78, 5) is 13.8. The molecule has 0 spiro atoms. The van der Waals surface area contributed by atoms with Gasteiger partial charge >= 0.3 is 0 Å². The summed E-state index contributed by atoms with van der Waals surface area (Å²) in [6.07, 6.45) is 0. The van der Waals surface area contributed by atoms with E-state index in [4.69, 9.17) is 0 Å². The van der Waals surface area contributed by atoms with Crippen LogP contribution in [0.1, 0.15) is 5.56 Å². The number of hydrogen-bond acceptors (Lipinski definition) is 6. The number of rotatable bonds is 5. The number of anilines is 1. The largest absolute Gasteiger partial charge is 0.377 e. The van der Waals surface area contributed by atoms with Crippen molar-refractivity contribution in [2.24, 2.45) is 7.05 Å². The van der Waals surface area contributed by atoms with Gasteiger partial charge in [-0.15, -0.1) is 5.10 Å². The summed E-state index contributed by atoms with van der Waals surface area (Å²) >= 11 is 1.28. The quantitative estimate of drug-likeness (QED) is 0.637. The van der Waals surface area contributed by atoms with Gasteiger partial charge in [0.25, 0.3) is 0 Å². The molecule has 1 aromatic carbocycles. The number of aryl methyl sites for hydroxylation is 1. The fourth-order valence-corrected chi connectivity index (χ4v) is 2.46. The number of nitrogens with one attached hydrogen (secondary N) is 1. The fraction of sp³-hybridized carbons (Fsp3) is 0.333. The molecule has 23 heavy (non-hydrogen) atoms. The van der Waals surface area contributed by atoms with E-state index in [0.717, 1.165) is 11.3 Å². The second-order valence-corrected chi connectivity index (χ2v) is 5.81. The van der Waals surface area contributed by atoms with E-state index in [-0.39, 0.29) is 11.7 Å². The standard InChI is InChI=1S/C15H18N6OS/c1-20(2)13-9-5-4-7-12(13)8-6-10-16-14(22)11-23-15-17-18-19-21(15)3/h4-5,7,9H,10-11H2,1-3H3,(H,16,22). The second kappa shape index (κ2) is 8.19. The molecule has 8 heteroatoms. The van der Waals surface area contributed by atoms with Crippen LogP contribution in [-0.2, 0) is 11.8 Å². The van der Waals surface area contributed by atoms with E-state index in [1.807, 2.05) is 43.3 Å². The highest BCUT2D eigenvalue weighted by Gasteiger charge is 2.06. The third-order valence-corrected chi connectivity index (χ3v) is 3.91. The lowest BCUT2D eigenvalue weighted by Crippen LogP contribution is -2.25. The highest BCUT2D eigenvalue weighted by molar-refractivity contribution is 7.99. The SMILES string of the molecule is CN(C)c1ccccc1C#CCNC(=O)CSc1nnnn1C. The van der Waals surface area contributed by atoms with E-state index < -0.39 is 0 Å². The average Bonchev–Trinajstić information content (AvgIpc) is 2.95. The Kier molecular flexibility index (Phi) is 6.00. The molecule has 1 aromatic heterocycles. The molecule has 2 aromatic rings. The predicted molar refractivity (Wildman–Crippen MR) is 90.2 cm³/mol. The fourth-order valence-electron chi connectivity index (χ4n) is 1.78. The maximum absolute atomic E-state index is 11.8. The van der Waals surface area contributed by atoms with Crippen molar-refractivity contribution in [1.29, 1.82) is 0 Å². The monoisotopic (exact) mass is 330 g/mol. The van der Waals surface area contributed by atoms with Gasteiger partial charge in [-0.05, 0) is 22.6 Å². The Morgan fingerprint density at radius 1 is 1.39 bits per heavy atom. The lowest BCUT2D eigenvalue weighted by atomic mass is 10.1. The van der Waals surface area contributed by atoms with Gasteiger partial charge in [0.1, 0.15) is 0 Å². The van der Waals surface area contributed by atoms with Crippen LogP contribution in [0.5, 0.6) is 0 Å². The highest BCUT2D eigenvalue weighted by atomic mass is 32.2. The highest BCUT2D eigenvalue weighted by Crippen LogP contribution is 2.16. The predicted octanol–water partition coefficient (Wildman–Crippen LogP) is 0.536. The summed E-state index contributed by atoms with van der Waals surface area (Å²) in [7, 11) is 5.68. The summed E-state index contributed by atoms with van der Waals surface area (Å²) in [5.74, 6) is 6.20. The molecule has 1 heterocycles. The van der Waals surface area contributed by atoms with Crippen LogP contribution in [0.15, 0.2) is 29.4 Å². The minimum absolute atomic E-state index is 0.104. The zero-order valence-electron chi connectivity index (χ0n) is 13.3. The Morgan fingerprint density at radius 3 is 2.87 bits per heavy atom. The number of carbonyl (C=O) groups is 1. The van der Waals surface area contributed by atoms with Crippen molar-refractivity contribution in [2.45, 2.75) is 5.16 Å². The van der Waals surface area contributed by atoms with Gasteiger partial charge in [0.15, 0.2) is 0 Å². The first kappa shape index (κ1) is 16.8. The van der Waals surface area contributed by atoms with Crippen LogP contribution in [0, 0.1) is 11.8 Å². The number of thioether (sulfide) groups is 1. The molecule has 1 amide bonds. The van der Waals surface area contributed by atoms with Crippen molar-refractivity contribution >= 4 is 23.4 Å². The van der Waals surface area contributed by atoms with Gasteiger partial charge in [-0.1, -0.05) is 35.7 Å². The lowest BCUT2D eigenvalue weighted by Gasteiger charge is -2.13. The van der Waals surface area contributed by atoms with Crippen molar-refractivity contribution < 1.29 is 4.79 Å². The van der Waals surface area contributed by atoms with E-state index >= 15 is 0 Å². The Morgan fingerprint density at radius 2 is 2.17 bits per heavy atom. The summed E-state index contributed by atoms with van der Waals surface area (Å²) in [5.41, 5.74) is 1.99. The molecule has 0 saturated carbocycles. The molecule has 120 valence electrons. The molecule has 0 aliphatic carbocycles. The number of amides is 1. The molecule has 0 bridgehead atoms. The van der Waals surface area contributed by atoms with Crippen molar-refractivity contribution in [3.05, 3.63) is 29.8 Å². The number of tetrazole rings is 1. The number of benzene rings is 1. The minimum atomic E-state index is -0.104. The van der Waals surface area contributed by atoms with Gasteiger partial charge < -0.3 is 10.2 Å². The molecule has 0 aliphatic heterocycles. The zero-order chi connectivity index (χ0) is 16.7. The molecular formula is C15H18N6OS. The van der Waals surface area contributed by atoms with Crippen LogP contribution in [0.2, 0.25) is 0 Å². The number of carbonyl (C=O) groups excluding carboxylic acids is 1. The normalized spacial score (nSPS) is 9.87. The first-order valence-corrected chi connectivity index (χ1v) is 7.93. The third-order valence-electron chi connectivity index (χ3n) is 2.90.